The Hall–Kier alpha value is -1.59. The van der Waals surface area contributed by atoms with Crippen molar-refractivity contribution in [1.82, 2.24) is 15.1 Å². The highest BCUT2D eigenvalue weighted by atomic mass is 16.5. The third-order valence-corrected chi connectivity index (χ3v) is 4.87. The Morgan fingerprint density at radius 3 is 2.91 bits per heavy atom. The summed E-state index contributed by atoms with van der Waals surface area (Å²) in [5, 5.41) is 3.12. The van der Waals surface area contributed by atoms with Gasteiger partial charge < -0.3 is 15.0 Å². The zero-order valence-electron chi connectivity index (χ0n) is 14.1. The third-order valence-electron chi connectivity index (χ3n) is 4.87. The number of amides is 2. The van der Waals surface area contributed by atoms with E-state index in [1.54, 1.807) is 19.0 Å². The van der Waals surface area contributed by atoms with Gasteiger partial charge in [-0.2, -0.15) is 0 Å². The van der Waals surface area contributed by atoms with Crippen LogP contribution < -0.4 is 5.32 Å². The highest BCUT2D eigenvalue weighted by Crippen LogP contribution is 2.34. The fraction of sp³-hybridized carbons (Fsp3) is 0.611. The number of hydrogen-bond acceptors (Lipinski definition) is 3. The van der Waals surface area contributed by atoms with Crippen LogP contribution in [0.3, 0.4) is 0 Å². The summed E-state index contributed by atoms with van der Waals surface area (Å²) in [4.78, 5) is 15.9. The van der Waals surface area contributed by atoms with Crippen LogP contribution in [0.15, 0.2) is 30.3 Å². The molecular weight excluding hydrogens is 290 g/mol. The van der Waals surface area contributed by atoms with Gasteiger partial charge in [-0.1, -0.05) is 30.3 Å². The van der Waals surface area contributed by atoms with Crippen LogP contribution in [0.25, 0.3) is 0 Å². The van der Waals surface area contributed by atoms with Crippen molar-refractivity contribution in [2.45, 2.75) is 37.5 Å². The maximum absolute atomic E-state index is 11.9. The summed E-state index contributed by atoms with van der Waals surface area (Å²) in [6, 6.07) is 10.8. The average Bonchev–Trinajstić information content (AvgIpc) is 2.90. The van der Waals surface area contributed by atoms with E-state index >= 15 is 0 Å². The van der Waals surface area contributed by atoms with Crippen molar-refractivity contribution in [3.8, 4) is 0 Å². The van der Waals surface area contributed by atoms with Gasteiger partial charge in [0.2, 0.25) is 0 Å². The number of rotatable bonds is 3. The molecule has 1 spiro atoms. The first kappa shape index (κ1) is 16.3. The molecule has 0 saturated carbocycles. The van der Waals surface area contributed by atoms with E-state index in [-0.39, 0.29) is 17.7 Å². The van der Waals surface area contributed by atoms with Crippen molar-refractivity contribution in [3.63, 3.8) is 0 Å². The van der Waals surface area contributed by atoms with E-state index in [1.165, 1.54) is 5.56 Å². The van der Waals surface area contributed by atoms with E-state index in [0.717, 1.165) is 45.5 Å². The molecule has 2 heterocycles. The number of hydrogen-bond donors (Lipinski definition) is 1. The molecule has 23 heavy (non-hydrogen) atoms. The Kier molecular flexibility index (Phi) is 4.87. The minimum atomic E-state index is -0.0860. The van der Waals surface area contributed by atoms with E-state index in [0.29, 0.717) is 0 Å². The molecular formula is C18H27N3O2. The molecule has 126 valence electrons. The second kappa shape index (κ2) is 6.89. The zero-order chi connectivity index (χ0) is 16.3. The fourth-order valence-corrected chi connectivity index (χ4v) is 3.64. The normalized spacial score (nSPS) is 28.0. The van der Waals surface area contributed by atoms with Crippen molar-refractivity contribution in [3.05, 3.63) is 35.9 Å². The predicted molar refractivity (Wildman–Crippen MR) is 90.3 cm³/mol. The van der Waals surface area contributed by atoms with Crippen LogP contribution in [0.4, 0.5) is 4.79 Å². The molecule has 2 aliphatic heterocycles. The lowest BCUT2D eigenvalue weighted by Crippen LogP contribution is -2.51. The summed E-state index contributed by atoms with van der Waals surface area (Å²) >= 11 is 0. The summed E-state index contributed by atoms with van der Waals surface area (Å²) in [5.74, 6) is 0. The van der Waals surface area contributed by atoms with Crippen LogP contribution in [-0.4, -0.2) is 61.3 Å². The minimum absolute atomic E-state index is 0.00816. The maximum Gasteiger partial charge on any atom is 0.317 e. The summed E-state index contributed by atoms with van der Waals surface area (Å²) in [7, 11) is 3.56. The number of carbonyl (C=O) groups excluding carboxylic acids is 1. The van der Waals surface area contributed by atoms with E-state index < -0.39 is 0 Å². The average molecular weight is 317 g/mol. The van der Waals surface area contributed by atoms with Crippen molar-refractivity contribution >= 4 is 6.03 Å². The molecule has 0 bridgehead atoms. The lowest BCUT2D eigenvalue weighted by molar-refractivity contribution is -0.0792. The first-order chi connectivity index (χ1) is 11.1. The largest absolute Gasteiger partial charge is 0.373 e. The van der Waals surface area contributed by atoms with Gasteiger partial charge in [0.1, 0.15) is 0 Å². The van der Waals surface area contributed by atoms with Crippen LogP contribution in [0, 0.1) is 0 Å². The molecule has 2 fully saturated rings. The van der Waals surface area contributed by atoms with E-state index in [2.05, 4.69) is 40.5 Å². The molecule has 2 atom stereocenters. The molecule has 0 aromatic heterocycles. The van der Waals surface area contributed by atoms with E-state index in [9.17, 15) is 4.79 Å². The van der Waals surface area contributed by atoms with Gasteiger partial charge in [0.05, 0.1) is 5.60 Å². The summed E-state index contributed by atoms with van der Waals surface area (Å²) in [6.07, 6.45) is 2.87. The Morgan fingerprint density at radius 1 is 1.39 bits per heavy atom. The van der Waals surface area contributed by atoms with Crippen molar-refractivity contribution in [2.24, 2.45) is 0 Å². The van der Waals surface area contributed by atoms with Crippen LogP contribution in [0.2, 0.25) is 0 Å². The molecule has 1 aromatic carbocycles. The molecule has 0 aliphatic carbocycles. The molecule has 0 radical (unpaired) electrons. The number of carbonyl (C=O) groups is 1. The number of benzene rings is 1. The molecule has 2 saturated heterocycles. The first-order valence-electron chi connectivity index (χ1n) is 8.44. The zero-order valence-corrected chi connectivity index (χ0v) is 14.1. The Bertz CT molecular complexity index is 534. The van der Waals surface area contributed by atoms with Gasteiger partial charge in [0, 0.05) is 46.4 Å². The second-order valence-corrected chi connectivity index (χ2v) is 7.01. The smallest absolute Gasteiger partial charge is 0.317 e. The predicted octanol–water partition coefficient (Wildman–Crippen LogP) is 2.08. The minimum Gasteiger partial charge on any atom is -0.373 e. The van der Waals surface area contributed by atoms with Gasteiger partial charge in [-0.05, 0) is 24.8 Å². The SMILES string of the molecule is CN(C)C(=O)N[C@H]1CCO[C@]2(CCN(Cc3ccccc3)C2)C1. The van der Waals surface area contributed by atoms with Gasteiger partial charge in [0.15, 0.2) is 0 Å². The van der Waals surface area contributed by atoms with Gasteiger partial charge in [-0.3, -0.25) is 4.90 Å². The molecule has 2 amide bonds. The van der Waals surface area contributed by atoms with Crippen LogP contribution in [-0.2, 0) is 11.3 Å². The molecule has 5 nitrogen and oxygen atoms in total. The maximum atomic E-state index is 11.9. The van der Waals surface area contributed by atoms with Gasteiger partial charge in [0.25, 0.3) is 0 Å². The first-order valence-corrected chi connectivity index (χ1v) is 8.44. The van der Waals surface area contributed by atoms with Crippen molar-refractivity contribution in [2.75, 3.05) is 33.8 Å². The summed E-state index contributed by atoms with van der Waals surface area (Å²) in [6.45, 7) is 3.72. The van der Waals surface area contributed by atoms with Crippen LogP contribution >= 0.6 is 0 Å². The van der Waals surface area contributed by atoms with Gasteiger partial charge >= 0.3 is 6.03 Å². The molecule has 1 aromatic rings. The number of urea groups is 1. The molecule has 1 N–H and O–H groups in total. The second-order valence-electron chi connectivity index (χ2n) is 7.01. The number of nitrogens with zero attached hydrogens (tertiary/aromatic N) is 2. The van der Waals surface area contributed by atoms with E-state index in [4.69, 9.17) is 4.74 Å². The van der Waals surface area contributed by atoms with Crippen molar-refractivity contribution in [1.29, 1.82) is 0 Å². The van der Waals surface area contributed by atoms with Crippen LogP contribution in [0.1, 0.15) is 24.8 Å². The molecule has 3 rings (SSSR count). The number of ether oxygens (including phenoxy) is 1. The van der Waals surface area contributed by atoms with E-state index in [1.807, 2.05) is 0 Å². The summed E-state index contributed by atoms with van der Waals surface area (Å²) in [5.41, 5.74) is 1.26. The quantitative estimate of drug-likeness (QED) is 0.928. The highest BCUT2D eigenvalue weighted by molar-refractivity contribution is 5.73. The molecule has 5 heteroatoms. The third kappa shape index (κ3) is 4.03. The topological polar surface area (TPSA) is 44.8 Å². The summed E-state index contributed by atoms with van der Waals surface area (Å²) < 4.78 is 6.16. The lowest BCUT2D eigenvalue weighted by Gasteiger charge is -2.38. The Morgan fingerprint density at radius 2 is 2.17 bits per heavy atom. The molecule has 0 unspecified atom stereocenters. The van der Waals surface area contributed by atoms with Gasteiger partial charge in [-0.15, -0.1) is 0 Å². The standard InChI is InChI=1S/C18H27N3O2/c1-20(2)17(22)19-16-8-11-23-18(12-16)9-10-21(14-18)13-15-6-4-3-5-7-15/h3-7,16H,8-14H2,1-2H3,(H,19,22)/t16-,18+/m0/s1. The molecule has 2 aliphatic rings. The Labute approximate surface area is 138 Å². The fourth-order valence-electron chi connectivity index (χ4n) is 3.64. The Balaban J connectivity index is 1.56. The number of likely N-dealkylation sites (tertiary alicyclic amines) is 1. The van der Waals surface area contributed by atoms with Crippen molar-refractivity contribution < 1.29 is 9.53 Å². The number of nitrogens with one attached hydrogen (secondary N) is 1. The highest BCUT2D eigenvalue weighted by Gasteiger charge is 2.43. The monoisotopic (exact) mass is 317 g/mol. The van der Waals surface area contributed by atoms with Crippen LogP contribution in [0.5, 0.6) is 0 Å². The van der Waals surface area contributed by atoms with Gasteiger partial charge in [-0.25, -0.2) is 4.79 Å². The lowest BCUT2D eigenvalue weighted by atomic mass is 9.89.